The maximum Gasteiger partial charge on any atom is 0.224 e. The standard InChI is InChI=1S/C15H20F2N2O/c16-12-6-5-10(13(17)8-12)7-15(20)19-9-11-3-1-2-4-14(11)18/h5-6,8,11,14H,1-4,7,9,18H2,(H,19,20). The van der Waals surface area contributed by atoms with Gasteiger partial charge in [-0.2, -0.15) is 0 Å². The van der Waals surface area contributed by atoms with E-state index >= 15 is 0 Å². The lowest BCUT2D eigenvalue weighted by Crippen LogP contribution is -2.41. The average Bonchev–Trinajstić information content (AvgIpc) is 2.41. The maximum absolute atomic E-state index is 13.4. The molecule has 0 aromatic heterocycles. The number of rotatable bonds is 4. The van der Waals surface area contributed by atoms with Gasteiger partial charge in [0.25, 0.3) is 0 Å². The van der Waals surface area contributed by atoms with Gasteiger partial charge in [0.05, 0.1) is 6.42 Å². The highest BCUT2D eigenvalue weighted by molar-refractivity contribution is 5.78. The van der Waals surface area contributed by atoms with E-state index in [9.17, 15) is 13.6 Å². The molecule has 1 saturated carbocycles. The molecule has 2 unspecified atom stereocenters. The first kappa shape index (κ1) is 14.9. The zero-order chi connectivity index (χ0) is 14.5. The molecule has 1 aliphatic rings. The second-order valence-corrected chi connectivity index (χ2v) is 5.42. The van der Waals surface area contributed by atoms with Gasteiger partial charge in [0.15, 0.2) is 0 Å². The molecular weight excluding hydrogens is 262 g/mol. The van der Waals surface area contributed by atoms with Crippen LogP contribution in [0.1, 0.15) is 31.2 Å². The Hall–Kier alpha value is -1.49. The molecule has 20 heavy (non-hydrogen) atoms. The summed E-state index contributed by atoms with van der Waals surface area (Å²) in [7, 11) is 0. The summed E-state index contributed by atoms with van der Waals surface area (Å²) in [6.45, 7) is 0.531. The molecule has 110 valence electrons. The number of amides is 1. The van der Waals surface area contributed by atoms with Crippen molar-refractivity contribution in [3.05, 3.63) is 35.4 Å². The molecule has 2 rings (SSSR count). The summed E-state index contributed by atoms with van der Waals surface area (Å²) < 4.78 is 26.2. The Morgan fingerprint density at radius 2 is 2.05 bits per heavy atom. The fourth-order valence-corrected chi connectivity index (χ4v) is 2.64. The highest BCUT2D eigenvalue weighted by Gasteiger charge is 2.22. The van der Waals surface area contributed by atoms with Crippen LogP contribution in [-0.2, 0) is 11.2 Å². The number of hydrogen-bond acceptors (Lipinski definition) is 2. The van der Waals surface area contributed by atoms with E-state index < -0.39 is 11.6 Å². The van der Waals surface area contributed by atoms with Crippen LogP contribution >= 0.6 is 0 Å². The van der Waals surface area contributed by atoms with Gasteiger partial charge in [-0.1, -0.05) is 18.9 Å². The average molecular weight is 282 g/mol. The second-order valence-electron chi connectivity index (χ2n) is 5.42. The molecular formula is C15H20F2N2O. The Morgan fingerprint density at radius 1 is 1.30 bits per heavy atom. The molecule has 2 atom stereocenters. The van der Waals surface area contributed by atoms with Crippen molar-refractivity contribution in [3.8, 4) is 0 Å². The molecule has 0 spiro atoms. The minimum Gasteiger partial charge on any atom is -0.355 e. The van der Waals surface area contributed by atoms with E-state index in [1.165, 1.54) is 6.07 Å². The van der Waals surface area contributed by atoms with Crippen molar-refractivity contribution in [2.75, 3.05) is 6.54 Å². The van der Waals surface area contributed by atoms with Gasteiger partial charge in [-0.3, -0.25) is 4.79 Å². The van der Waals surface area contributed by atoms with Crippen molar-refractivity contribution in [1.82, 2.24) is 5.32 Å². The summed E-state index contributed by atoms with van der Waals surface area (Å²) in [4.78, 5) is 11.8. The van der Waals surface area contributed by atoms with E-state index in [0.717, 1.165) is 37.8 Å². The maximum atomic E-state index is 13.4. The molecule has 1 aliphatic carbocycles. The first-order chi connectivity index (χ1) is 9.56. The molecule has 0 bridgehead atoms. The summed E-state index contributed by atoms with van der Waals surface area (Å²) in [5, 5.41) is 2.79. The van der Waals surface area contributed by atoms with Gasteiger partial charge in [0, 0.05) is 18.7 Å². The van der Waals surface area contributed by atoms with Crippen molar-refractivity contribution in [2.24, 2.45) is 11.7 Å². The van der Waals surface area contributed by atoms with Crippen molar-refractivity contribution in [3.63, 3.8) is 0 Å². The number of benzene rings is 1. The quantitative estimate of drug-likeness (QED) is 0.889. The number of nitrogens with one attached hydrogen (secondary N) is 1. The van der Waals surface area contributed by atoms with Crippen LogP contribution in [0.4, 0.5) is 8.78 Å². The van der Waals surface area contributed by atoms with Gasteiger partial charge in [-0.15, -0.1) is 0 Å². The normalized spacial score (nSPS) is 22.6. The second kappa shape index (κ2) is 6.79. The van der Waals surface area contributed by atoms with E-state index in [2.05, 4.69) is 5.32 Å². The summed E-state index contributed by atoms with van der Waals surface area (Å²) in [6.07, 6.45) is 4.22. The summed E-state index contributed by atoms with van der Waals surface area (Å²) in [5.74, 6) is -1.28. The predicted molar refractivity (Wildman–Crippen MR) is 73.0 cm³/mol. The zero-order valence-corrected chi connectivity index (χ0v) is 11.4. The van der Waals surface area contributed by atoms with Crippen molar-refractivity contribution in [1.29, 1.82) is 0 Å². The fourth-order valence-electron chi connectivity index (χ4n) is 2.64. The van der Waals surface area contributed by atoms with Gasteiger partial charge in [0.1, 0.15) is 11.6 Å². The number of halogens is 2. The summed E-state index contributed by atoms with van der Waals surface area (Å²) in [5.41, 5.74) is 6.21. The fraction of sp³-hybridized carbons (Fsp3) is 0.533. The molecule has 1 amide bonds. The highest BCUT2D eigenvalue weighted by Crippen LogP contribution is 2.22. The predicted octanol–water partition coefficient (Wildman–Crippen LogP) is 2.14. The molecule has 0 heterocycles. The van der Waals surface area contributed by atoms with Crippen molar-refractivity contribution >= 4 is 5.91 Å². The van der Waals surface area contributed by atoms with E-state index in [1.54, 1.807) is 0 Å². The van der Waals surface area contributed by atoms with Crippen LogP contribution in [0, 0.1) is 17.6 Å². The van der Waals surface area contributed by atoms with E-state index in [0.29, 0.717) is 12.5 Å². The smallest absolute Gasteiger partial charge is 0.224 e. The van der Waals surface area contributed by atoms with Gasteiger partial charge in [0.2, 0.25) is 5.91 Å². The third-order valence-electron chi connectivity index (χ3n) is 3.90. The number of hydrogen-bond donors (Lipinski definition) is 2. The lowest BCUT2D eigenvalue weighted by molar-refractivity contribution is -0.120. The topological polar surface area (TPSA) is 55.1 Å². The Labute approximate surface area is 117 Å². The van der Waals surface area contributed by atoms with E-state index in [4.69, 9.17) is 5.73 Å². The lowest BCUT2D eigenvalue weighted by Gasteiger charge is -2.28. The molecule has 3 N–H and O–H groups in total. The minimum atomic E-state index is -0.686. The van der Waals surface area contributed by atoms with Gasteiger partial charge >= 0.3 is 0 Å². The van der Waals surface area contributed by atoms with Crippen LogP contribution in [0.15, 0.2) is 18.2 Å². The third-order valence-corrected chi connectivity index (χ3v) is 3.90. The highest BCUT2D eigenvalue weighted by atomic mass is 19.1. The summed E-state index contributed by atoms with van der Waals surface area (Å²) >= 11 is 0. The minimum absolute atomic E-state index is 0.0753. The zero-order valence-electron chi connectivity index (χ0n) is 11.4. The molecule has 0 radical (unpaired) electrons. The molecule has 0 aliphatic heterocycles. The van der Waals surface area contributed by atoms with Gasteiger partial charge in [-0.25, -0.2) is 8.78 Å². The van der Waals surface area contributed by atoms with E-state index in [-0.39, 0.29) is 23.9 Å². The Bertz CT molecular complexity index is 479. The Morgan fingerprint density at radius 3 is 2.75 bits per heavy atom. The van der Waals surface area contributed by atoms with Crippen LogP contribution in [0.5, 0.6) is 0 Å². The molecule has 1 aromatic rings. The van der Waals surface area contributed by atoms with Crippen molar-refractivity contribution in [2.45, 2.75) is 38.1 Å². The number of carbonyl (C=O) groups is 1. The number of nitrogens with two attached hydrogens (primary N) is 1. The largest absolute Gasteiger partial charge is 0.355 e. The number of carbonyl (C=O) groups excluding carboxylic acids is 1. The molecule has 0 saturated heterocycles. The van der Waals surface area contributed by atoms with E-state index in [1.807, 2.05) is 0 Å². The van der Waals surface area contributed by atoms with Gasteiger partial charge < -0.3 is 11.1 Å². The molecule has 1 fully saturated rings. The van der Waals surface area contributed by atoms with Crippen molar-refractivity contribution < 1.29 is 13.6 Å². The van der Waals surface area contributed by atoms with Crippen LogP contribution < -0.4 is 11.1 Å². The van der Waals surface area contributed by atoms with Crippen LogP contribution in [0.25, 0.3) is 0 Å². The van der Waals surface area contributed by atoms with Crippen LogP contribution in [0.3, 0.4) is 0 Å². The van der Waals surface area contributed by atoms with Crippen LogP contribution in [0.2, 0.25) is 0 Å². The lowest BCUT2D eigenvalue weighted by atomic mass is 9.85. The Kier molecular flexibility index (Phi) is 5.06. The first-order valence-corrected chi connectivity index (χ1v) is 7.02. The molecule has 5 heteroatoms. The Balaban J connectivity index is 1.83. The molecule has 3 nitrogen and oxygen atoms in total. The SMILES string of the molecule is NC1CCCCC1CNC(=O)Cc1ccc(F)cc1F. The summed E-state index contributed by atoms with van der Waals surface area (Å²) in [6, 6.07) is 3.38. The first-order valence-electron chi connectivity index (χ1n) is 7.02. The van der Waals surface area contributed by atoms with Gasteiger partial charge in [-0.05, 0) is 30.4 Å². The molecule has 1 aromatic carbocycles. The monoisotopic (exact) mass is 282 g/mol. The van der Waals surface area contributed by atoms with Crippen LogP contribution in [-0.4, -0.2) is 18.5 Å². The third kappa shape index (κ3) is 4.00.